The lowest BCUT2D eigenvalue weighted by Crippen LogP contribution is -2.16. The number of aromatic hydroxyl groups is 1. The standard InChI is InChI=1S/C21H30NO4P/c1-3-5-16-25-27(24,26-17-6-4-2)21(19-14-10-11-15-20(19)23)22-18-12-8-7-9-13-18/h7-15,21-23H,3-6,16-17H2,1-2H3. The minimum atomic E-state index is -3.57. The molecule has 2 N–H and O–H groups in total. The molecule has 0 aromatic heterocycles. The van der Waals surface area contributed by atoms with E-state index in [2.05, 4.69) is 19.2 Å². The van der Waals surface area contributed by atoms with Crippen LogP contribution in [0.5, 0.6) is 5.75 Å². The van der Waals surface area contributed by atoms with E-state index in [1.165, 1.54) is 0 Å². The Morgan fingerprint density at radius 3 is 2.04 bits per heavy atom. The van der Waals surface area contributed by atoms with Crippen molar-refractivity contribution in [2.45, 2.75) is 45.3 Å². The van der Waals surface area contributed by atoms with Crippen molar-refractivity contribution in [3.05, 3.63) is 60.2 Å². The van der Waals surface area contributed by atoms with Gasteiger partial charge in [0.15, 0.2) is 5.78 Å². The van der Waals surface area contributed by atoms with Gasteiger partial charge in [0.25, 0.3) is 0 Å². The highest BCUT2D eigenvalue weighted by molar-refractivity contribution is 7.54. The van der Waals surface area contributed by atoms with Crippen molar-refractivity contribution in [1.82, 2.24) is 0 Å². The molecule has 0 bridgehead atoms. The van der Waals surface area contributed by atoms with Crippen LogP contribution >= 0.6 is 7.60 Å². The Labute approximate surface area is 162 Å². The third-order valence-corrected chi connectivity index (χ3v) is 6.29. The quantitative estimate of drug-likeness (QED) is 0.327. The third-order valence-electron chi connectivity index (χ3n) is 4.16. The molecule has 1 atom stereocenters. The zero-order chi connectivity index (χ0) is 19.5. The molecule has 0 amide bonds. The van der Waals surface area contributed by atoms with Gasteiger partial charge in [-0.05, 0) is 31.0 Å². The first-order valence-corrected chi connectivity index (χ1v) is 11.2. The van der Waals surface area contributed by atoms with Crippen LogP contribution in [0.2, 0.25) is 0 Å². The van der Waals surface area contributed by atoms with E-state index >= 15 is 0 Å². The average molecular weight is 391 g/mol. The van der Waals surface area contributed by atoms with Gasteiger partial charge in [-0.3, -0.25) is 4.57 Å². The Morgan fingerprint density at radius 1 is 0.926 bits per heavy atom. The highest BCUT2D eigenvalue weighted by Crippen LogP contribution is 2.62. The molecule has 2 aromatic rings. The summed E-state index contributed by atoms with van der Waals surface area (Å²) in [6.45, 7) is 4.80. The highest BCUT2D eigenvalue weighted by Gasteiger charge is 2.39. The van der Waals surface area contributed by atoms with Crippen LogP contribution in [-0.4, -0.2) is 18.3 Å². The van der Waals surface area contributed by atoms with Crippen molar-refractivity contribution < 1.29 is 18.7 Å². The van der Waals surface area contributed by atoms with Crippen LogP contribution < -0.4 is 5.32 Å². The van der Waals surface area contributed by atoms with Crippen LogP contribution in [-0.2, 0) is 13.6 Å². The van der Waals surface area contributed by atoms with Crippen molar-refractivity contribution in [2.24, 2.45) is 0 Å². The SMILES string of the molecule is CCCCOP(=O)(OCCCC)C(Nc1ccccc1)c1ccccc1O. The topological polar surface area (TPSA) is 67.8 Å². The molecule has 5 nitrogen and oxygen atoms in total. The lowest BCUT2D eigenvalue weighted by Gasteiger charge is -2.29. The van der Waals surface area contributed by atoms with Crippen molar-refractivity contribution >= 4 is 13.3 Å². The number of phenols is 1. The number of unbranched alkanes of at least 4 members (excludes halogenated alkanes) is 2. The lowest BCUT2D eigenvalue weighted by molar-refractivity contribution is 0.194. The predicted molar refractivity (Wildman–Crippen MR) is 110 cm³/mol. The van der Waals surface area contributed by atoms with Gasteiger partial charge in [0.2, 0.25) is 0 Å². The maximum atomic E-state index is 13.8. The molecule has 0 radical (unpaired) electrons. The highest BCUT2D eigenvalue weighted by atomic mass is 31.2. The Bertz CT molecular complexity index is 709. The van der Waals surface area contributed by atoms with E-state index in [0.717, 1.165) is 31.4 Å². The molecule has 0 heterocycles. The fraction of sp³-hybridized carbons (Fsp3) is 0.429. The van der Waals surface area contributed by atoms with Crippen LogP contribution in [0, 0.1) is 0 Å². The normalized spacial score (nSPS) is 12.7. The Hall–Kier alpha value is -1.81. The molecule has 148 valence electrons. The van der Waals surface area contributed by atoms with Crippen molar-refractivity contribution in [3.63, 3.8) is 0 Å². The van der Waals surface area contributed by atoms with Gasteiger partial charge >= 0.3 is 7.60 Å². The van der Waals surface area contributed by atoms with E-state index in [-0.39, 0.29) is 5.75 Å². The number of hydrogen-bond acceptors (Lipinski definition) is 5. The Balaban J connectivity index is 2.38. The van der Waals surface area contributed by atoms with E-state index < -0.39 is 13.4 Å². The second kappa shape index (κ2) is 11.1. The smallest absolute Gasteiger partial charge is 0.357 e. The summed E-state index contributed by atoms with van der Waals surface area (Å²) in [6, 6.07) is 16.3. The molecule has 0 saturated carbocycles. The van der Waals surface area contributed by atoms with Gasteiger partial charge in [0.1, 0.15) is 5.75 Å². The van der Waals surface area contributed by atoms with E-state index in [9.17, 15) is 9.67 Å². The second-order valence-electron chi connectivity index (χ2n) is 6.39. The monoisotopic (exact) mass is 391 g/mol. The average Bonchev–Trinajstić information content (AvgIpc) is 2.68. The van der Waals surface area contributed by atoms with Crippen LogP contribution in [0.1, 0.15) is 50.9 Å². The molecule has 0 fully saturated rings. The predicted octanol–water partition coefficient (Wildman–Crippen LogP) is 6.33. The summed E-state index contributed by atoms with van der Waals surface area (Å²) in [6.07, 6.45) is 3.45. The van der Waals surface area contributed by atoms with Crippen LogP contribution in [0.3, 0.4) is 0 Å². The maximum absolute atomic E-state index is 13.8. The summed E-state index contributed by atoms with van der Waals surface area (Å²) in [5.74, 6) is -0.737. The molecular formula is C21H30NO4P. The number of hydrogen-bond donors (Lipinski definition) is 2. The Kier molecular flexibility index (Phi) is 8.86. The van der Waals surface area contributed by atoms with Crippen molar-refractivity contribution in [1.29, 1.82) is 0 Å². The molecule has 0 aliphatic carbocycles. The summed E-state index contributed by atoms with van der Waals surface area (Å²) < 4.78 is 25.4. The molecule has 0 aliphatic heterocycles. The minimum absolute atomic E-state index is 0.0596. The molecule has 27 heavy (non-hydrogen) atoms. The minimum Gasteiger partial charge on any atom is -0.508 e. The summed E-state index contributed by atoms with van der Waals surface area (Å²) in [5, 5.41) is 13.7. The van der Waals surface area contributed by atoms with Gasteiger partial charge in [0, 0.05) is 11.3 Å². The lowest BCUT2D eigenvalue weighted by atomic mass is 10.2. The van der Waals surface area contributed by atoms with E-state index in [1.54, 1.807) is 24.3 Å². The van der Waals surface area contributed by atoms with Crippen molar-refractivity contribution in [3.8, 4) is 5.75 Å². The van der Waals surface area contributed by atoms with Gasteiger partial charge in [-0.1, -0.05) is 63.1 Å². The summed E-state index contributed by atoms with van der Waals surface area (Å²) in [4.78, 5) is 0. The third kappa shape index (κ3) is 6.39. The first kappa shape index (κ1) is 21.5. The van der Waals surface area contributed by atoms with Crippen LogP contribution in [0.25, 0.3) is 0 Å². The van der Waals surface area contributed by atoms with Gasteiger partial charge in [0.05, 0.1) is 13.2 Å². The molecule has 2 aromatic carbocycles. The first-order valence-electron chi connectivity index (χ1n) is 9.59. The van der Waals surface area contributed by atoms with Gasteiger partial charge < -0.3 is 19.5 Å². The van der Waals surface area contributed by atoms with E-state index in [1.807, 2.05) is 30.3 Å². The summed E-state index contributed by atoms with van der Waals surface area (Å²) in [5.41, 5.74) is 1.28. The van der Waals surface area contributed by atoms with Crippen LogP contribution in [0.4, 0.5) is 5.69 Å². The maximum Gasteiger partial charge on any atom is 0.357 e. The number of phenolic OH excluding ortho intramolecular Hbond substituents is 1. The zero-order valence-corrected chi connectivity index (χ0v) is 17.0. The van der Waals surface area contributed by atoms with Gasteiger partial charge in [-0.25, -0.2) is 0 Å². The molecule has 2 rings (SSSR count). The van der Waals surface area contributed by atoms with E-state index in [4.69, 9.17) is 9.05 Å². The first-order chi connectivity index (χ1) is 13.1. The van der Waals surface area contributed by atoms with Crippen molar-refractivity contribution in [2.75, 3.05) is 18.5 Å². The van der Waals surface area contributed by atoms with Gasteiger partial charge in [-0.2, -0.15) is 0 Å². The zero-order valence-electron chi connectivity index (χ0n) is 16.1. The molecule has 6 heteroatoms. The summed E-state index contributed by atoms with van der Waals surface area (Å²) >= 11 is 0. The molecule has 0 saturated heterocycles. The fourth-order valence-corrected chi connectivity index (χ4v) is 4.60. The molecule has 0 spiro atoms. The molecule has 1 unspecified atom stereocenters. The summed E-state index contributed by atoms with van der Waals surface area (Å²) in [7, 11) is -3.57. The van der Waals surface area contributed by atoms with E-state index in [0.29, 0.717) is 18.8 Å². The van der Waals surface area contributed by atoms with Gasteiger partial charge in [-0.15, -0.1) is 0 Å². The number of para-hydroxylation sites is 2. The van der Waals surface area contributed by atoms with Crippen LogP contribution in [0.15, 0.2) is 54.6 Å². The number of anilines is 1. The molecular weight excluding hydrogens is 361 g/mol. The molecule has 0 aliphatic rings. The largest absolute Gasteiger partial charge is 0.508 e. The Morgan fingerprint density at radius 2 is 1.48 bits per heavy atom. The fourth-order valence-electron chi connectivity index (χ4n) is 2.60. The number of benzene rings is 2. The second-order valence-corrected chi connectivity index (χ2v) is 8.50. The number of nitrogens with one attached hydrogen (secondary N) is 1. The number of rotatable bonds is 12.